The lowest BCUT2D eigenvalue weighted by Crippen LogP contribution is -2.03. The molecule has 0 unspecified atom stereocenters. The van der Waals surface area contributed by atoms with E-state index in [0.717, 1.165) is 28.8 Å². The van der Waals surface area contributed by atoms with Gasteiger partial charge in [-0.15, -0.1) is 0 Å². The lowest BCUT2D eigenvalue weighted by molar-refractivity contribution is 0.701. The van der Waals surface area contributed by atoms with Crippen molar-refractivity contribution in [2.75, 3.05) is 11.9 Å². The lowest BCUT2D eigenvalue weighted by Gasteiger charge is -2.15. The standard InChI is InChI=1S/C16H18Cl2N2/c1-2-19-14-9-13(10-5-3-4-6-10)20-16-12(18)8-7-11(17)15(14)16/h7-10H,2-6H2,1H3,(H,19,20). The summed E-state index contributed by atoms with van der Waals surface area (Å²) in [6.07, 6.45) is 5.04. The van der Waals surface area contributed by atoms with E-state index in [1.165, 1.54) is 25.7 Å². The van der Waals surface area contributed by atoms with Crippen molar-refractivity contribution in [3.05, 3.63) is 33.9 Å². The summed E-state index contributed by atoms with van der Waals surface area (Å²) in [5, 5.41) is 5.70. The first-order valence-electron chi connectivity index (χ1n) is 7.23. The molecule has 0 spiro atoms. The van der Waals surface area contributed by atoms with Crippen LogP contribution >= 0.6 is 23.2 Å². The van der Waals surface area contributed by atoms with Gasteiger partial charge in [-0.2, -0.15) is 0 Å². The number of halogens is 2. The average Bonchev–Trinajstić information content (AvgIpc) is 2.97. The van der Waals surface area contributed by atoms with Crippen molar-refractivity contribution in [2.45, 2.75) is 38.5 Å². The molecule has 0 saturated heterocycles. The van der Waals surface area contributed by atoms with Crippen LogP contribution in [0.1, 0.15) is 44.2 Å². The summed E-state index contributed by atoms with van der Waals surface area (Å²) >= 11 is 12.7. The Bertz CT molecular complexity index is 634. The number of hydrogen-bond donors (Lipinski definition) is 1. The molecule has 20 heavy (non-hydrogen) atoms. The number of fused-ring (bicyclic) bond motifs is 1. The molecule has 1 heterocycles. The normalized spacial score (nSPS) is 15.9. The number of hydrogen-bond acceptors (Lipinski definition) is 2. The second-order valence-corrected chi connectivity index (χ2v) is 6.17. The number of nitrogens with zero attached hydrogens (tertiary/aromatic N) is 1. The third kappa shape index (κ3) is 2.47. The Morgan fingerprint density at radius 1 is 1.20 bits per heavy atom. The van der Waals surface area contributed by atoms with Crippen LogP contribution in [0, 0.1) is 0 Å². The average molecular weight is 309 g/mol. The van der Waals surface area contributed by atoms with Crippen molar-refractivity contribution in [1.29, 1.82) is 0 Å². The highest BCUT2D eigenvalue weighted by atomic mass is 35.5. The molecule has 0 bridgehead atoms. The molecule has 0 radical (unpaired) electrons. The van der Waals surface area contributed by atoms with Crippen molar-refractivity contribution in [3.8, 4) is 0 Å². The number of rotatable bonds is 3. The molecule has 0 amide bonds. The van der Waals surface area contributed by atoms with Crippen LogP contribution in [0.15, 0.2) is 18.2 Å². The zero-order valence-electron chi connectivity index (χ0n) is 11.5. The number of aromatic nitrogens is 1. The zero-order valence-corrected chi connectivity index (χ0v) is 13.1. The SMILES string of the molecule is CCNc1cc(C2CCCC2)nc2c(Cl)ccc(Cl)c12. The number of nitrogens with one attached hydrogen (secondary N) is 1. The van der Waals surface area contributed by atoms with Gasteiger partial charge in [0.2, 0.25) is 0 Å². The Morgan fingerprint density at radius 3 is 2.60 bits per heavy atom. The highest BCUT2D eigenvalue weighted by Gasteiger charge is 2.21. The van der Waals surface area contributed by atoms with Crippen LogP contribution in [0.5, 0.6) is 0 Å². The monoisotopic (exact) mass is 308 g/mol. The summed E-state index contributed by atoms with van der Waals surface area (Å²) in [6, 6.07) is 5.82. The fraction of sp³-hybridized carbons (Fsp3) is 0.438. The van der Waals surface area contributed by atoms with Gasteiger partial charge in [-0.1, -0.05) is 36.0 Å². The van der Waals surface area contributed by atoms with Crippen LogP contribution in [0.25, 0.3) is 10.9 Å². The molecule has 1 aliphatic carbocycles. The Kier molecular flexibility index (Phi) is 4.04. The van der Waals surface area contributed by atoms with Crippen molar-refractivity contribution in [1.82, 2.24) is 4.98 Å². The van der Waals surface area contributed by atoms with Crippen LogP contribution in [-0.2, 0) is 0 Å². The minimum absolute atomic E-state index is 0.562. The largest absolute Gasteiger partial charge is 0.385 e. The third-order valence-electron chi connectivity index (χ3n) is 4.02. The van der Waals surface area contributed by atoms with Gasteiger partial charge in [0, 0.05) is 29.2 Å². The maximum atomic E-state index is 6.34. The van der Waals surface area contributed by atoms with Gasteiger partial charge >= 0.3 is 0 Å². The fourth-order valence-electron chi connectivity index (χ4n) is 3.05. The molecule has 1 aromatic heterocycles. The molecule has 1 aromatic carbocycles. The fourth-order valence-corrected chi connectivity index (χ4v) is 3.50. The Hall–Kier alpha value is -0.990. The summed E-state index contributed by atoms with van der Waals surface area (Å²) in [5.41, 5.74) is 3.02. The van der Waals surface area contributed by atoms with E-state index in [9.17, 15) is 0 Å². The minimum atomic E-state index is 0.562. The van der Waals surface area contributed by atoms with Gasteiger partial charge in [-0.05, 0) is 38.0 Å². The molecule has 3 rings (SSSR count). The molecular formula is C16H18Cl2N2. The Labute approximate surface area is 129 Å². The van der Waals surface area contributed by atoms with Crippen LogP contribution in [0.4, 0.5) is 5.69 Å². The first-order chi connectivity index (χ1) is 9.70. The number of pyridine rings is 1. The van der Waals surface area contributed by atoms with Gasteiger partial charge in [0.15, 0.2) is 0 Å². The van der Waals surface area contributed by atoms with Crippen molar-refractivity contribution in [2.24, 2.45) is 0 Å². The number of benzene rings is 1. The molecule has 0 aliphatic heterocycles. The van der Waals surface area contributed by atoms with E-state index in [4.69, 9.17) is 28.2 Å². The molecular weight excluding hydrogens is 291 g/mol. The molecule has 1 fully saturated rings. The summed E-state index contributed by atoms with van der Waals surface area (Å²) in [6.45, 7) is 2.94. The number of anilines is 1. The third-order valence-corrected chi connectivity index (χ3v) is 4.64. The van der Waals surface area contributed by atoms with Crippen LogP contribution < -0.4 is 5.32 Å². The maximum Gasteiger partial charge on any atom is 0.0927 e. The Balaban J connectivity index is 2.21. The molecule has 4 heteroatoms. The highest BCUT2D eigenvalue weighted by molar-refractivity contribution is 6.40. The summed E-state index contributed by atoms with van der Waals surface area (Å²) in [7, 11) is 0. The molecule has 106 valence electrons. The van der Waals surface area contributed by atoms with Gasteiger partial charge in [0.05, 0.1) is 15.6 Å². The molecule has 1 aliphatic rings. The van der Waals surface area contributed by atoms with Crippen LogP contribution in [-0.4, -0.2) is 11.5 Å². The molecule has 2 nitrogen and oxygen atoms in total. The van der Waals surface area contributed by atoms with Gasteiger partial charge in [0.1, 0.15) is 0 Å². The maximum absolute atomic E-state index is 6.34. The van der Waals surface area contributed by atoms with E-state index in [-0.39, 0.29) is 0 Å². The predicted molar refractivity (Wildman–Crippen MR) is 87.1 cm³/mol. The first kappa shape index (κ1) is 14.0. The van der Waals surface area contributed by atoms with Gasteiger partial charge in [-0.25, -0.2) is 0 Å². The van der Waals surface area contributed by atoms with Gasteiger partial charge < -0.3 is 5.32 Å². The zero-order chi connectivity index (χ0) is 14.1. The summed E-state index contributed by atoms with van der Waals surface area (Å²) in [5.74, 6) is 0.562. The highest BCUT2D eigenvalue weighted by Crippen LogP contribution is 2.39. The van der Waals surface area contributed by atoms with Gasteiger partial charge in [0.25, 0.3) is 0 Å². The van der Waals surface area contributed by atoms with Crippen molar-refractivity contribution < 1.29 is 0 Å². The molecule has 1 N–H and O–H groups in total. The Morgan fingerprint density at radius 2 is 1.90 bits per heavy atom. The molecule has 1 saturated carbocycles. The summed E-state index contributed by atoms with van der Waals surface area (Å²) in [4.78, 5) is 4.80. The smallest absolute Gasteiger partial charge is 0.0927 e. The lowest BCUT2D eigenvalue weighted by atomic mass is 10.0. The van der Waals surface area contributed by atoms with Crippen molar-refractivity contribution >= 4 is 39.8 Å². The van der Waals surface area contributed by atoms with Gasteiger partial charge in [-0.3, -0.25) is 4.98 Å². The van der Waals surface area contributed by atoms with E-state index in [1.54, 1.807) is 0 Å². The quantitative estimate of drug-likeness (QED) is 0.794. The van der Waals surface area contributed by atoms with E-state index in [1.807, 2.05) is 12.1 Å². The van der Waals surface area contributed by atoms with E-state index < -0.39 is 0 Å². The van der Waals surface area contributed by atoms with E-state index in [2.05, 4.69) is 18.3 Å². The van der Waals surface area contributed by atoms with E-state index >= 15 is 0 Å². The second-order valence-electron chi connectivity index (χ2n) is 5.36. The topological polar surface area (TPSA) is 24.9 Å². The molecule has 0 atom stereocenters. The van der Waals surface area contributed by atoms with Crippen molar-refractivity contribution in [3.63, 3.8) is 0 Å². The van der Waals surface area contributed by atoms with E-state index in [0.29, 0.717) is 16.0 Å². The minimum Gasteiger partial charge on any atom is -0.385 e. The molecule has 2 aromatic rings. The first-order valence-corrected chi connectivity index (χ1v) is 7.98. The predicted octanol–water partition coefficient (Wildman–Crippen LogP) is 5.63. The second kappa shape index (κ2) is 5.79. The van der Waals surface area contributed by atoms with Crippen LogP contribution in [0.2, 0.25) is 10.0 Å². The summed E-state index contributed by atoms with van der Waals surface area (Å²) < 4.78 is 0. The van der Waals surface area contributed by atoms with Crippen LogP contribution in [0.3, 0.4) is 0 Å².